The summed E-state index contributed by atoms with van der Waals surface area (Å²) in [6.45, 7) is 2.10. The minimum absolute atomic E-state index is 0.197. The molecular weight excluding hydrogens is 214 g/mol. The Morgan fingerprint density at radius 1 is 1.35 bits per heavy atom. The number of aromatic amines is 1. The number of hydrogen-bond donors (Lipinski definition) is 2. The summed E-state index contributed by atoms with van der Waals surface area (Å²) in [6.07, 6.45) is 5.26. The molecule has 4 nitrogen and oxygen atoms in total. The summed E-state index contributed by atoms with van der Waals surface area (Å²) in [5, 5.41) is 11.6. The molecule has 0 radical (unpaired) electrons. The molecule has 0 aliphatic carbocycles. The predicted molar refractivity (Wildman–Crippen MR) is 66.8 cm³/mol. The fraction of sp³-hybridized carbons (Fsp3) is 0.154. The van der Waals surface area contributed by atoms with Crippen LogP contribution < -0.4 is 5.32 Å². The Hall–Kier alpha value is -2.23. The summed E-state index contributed by atoms with van der Waals surface area (Å²) in [5.74, 6) is 0. The van der Waals surface area contributed by atoms with Crippen LogP contribution in [0.3, 0.4) is 0 Å². The Labute approximate surface area is 98.6 Å². The molecule has 2 heterocycles. The molecular formula is C13H13N3O. The Morgan fingerprint density at radius 3 is 3.12 bits per heavy atom. The molecule has 17 heavy (non-hydrogen) atoms. The molecule has 1 atom stereocenters. The van der Waals surface area contributed by atoms with Crippen LogP contribution in [0.4, 0.5) is 5.69 Å². The largest absolute Gasteiger partial charge is 0.472 e. The second kappa shape index (κ2) is 3.97. The van der Waals surface area contributed by atoms with Crippen molar-refractivity contribution in [2.75, 3.05) is 5.32 Å². The van der Waals surface area contributed by atoms with Crippen molar-refractivity contribution in [3.8, 4) is 0 Å². The zero-order valence-electron chi connectivity index (χ0n) is 9.47. The number of para-hydroxylation sites is 1. The van der Waals surface area contributed by atoms with Crippen LogP contribution >= 0.6 is 0 Å². The lowest BCUT2D eigenvalue weighted by molar-refractivity contribution is 0.562. The molecule has 86 valence electrons. The summed E-state index contributed by atoms with van der Waals surface area (Å²) in [4.78, 5) is 0. The second-order valence-corrected chi connectivity index (χ2v) is 4.06. The van der Waals surface area contributed by atoms with E-state index in [-0.39, 0.29) is 6.04 Å². The van der Waals surface area contributed by atoms with E-state index < -0.39 is 0 Å². The van der Waals surface area contributed by atoms with E-state index in [9.17, 15) is 0 Å². The van der Waals surface area contributed by atoms with Gasteiger partial charge in [-0.2, -0.15) is 5.10 Å². The summed E-state index contributed by atoms with van der Waals surface area (Å²) in [6, 6.07) is 8.25. The van der Waals surface area contributed by atoms with E-state index >= 15 is 0 Å². The first-order valence-corrected chi connectivity index (χ1v) is 5.55. The average Bonchev–Trinajstić information content (AvgIpc) is 3.00. The van der Waals surface area contributed by atoms with Gasteiger partial charge in [0.2, 0.25) is 0 Å². The van der Waals surface area contributed by atoms with Crippen LogP contribution in [-0.4, -0.2) is 10.2 Å². The molecule has 0 saturated carbocycles. The lowest BCUT2D eigenvalue weighted by Gasteiger charge is -2.13. The topological polar surface area (TPSA) is 53.9 Å². The Balaban J connectivity index is 1.92. The maximum absolute atomic E-state index is 5.09. The van der Waals surface area contributed by atoms with Gasteiger partial charge in [-0.05, 0) is 19.1 Å². The van der Waals surface area contributed by atoms with E-state index in [1.165, 1.54) is 0 Å². The van der Waals surface area contributed by atoms with Crippen molar-refractivity contribution >= 4 is 16.6 Å². The molecule has 2 aromatic heterocycles. The van der Waals surface area contributed by atoms with Gasteiger partial charge in [0.15, 0.2) is 0 Å². The molecule has 0 saturated heterocycles. The smallest absolute Gasteiger partial charge is 0.0955 e. The van der Waals surface area contributed by atoms with Crippen molar-refractivity contribution in [3.63, 3.8) is 0 Å². The molecule has 1 unspecified atom stereocenters. The van der Waals surface area contributed by atoms with E-state index in [1.54, 1.807) is 12.5 Å². The molecule has 1 aromatic carbocycles. The highest BCUT2D eigenvalue weighted by molar-refractivity contribution is 5.90. The van der Waals surface area contributed by atoms with Crippen LogP contribution in [0.1, 0.15) is 18.5 Å². The van der Waals surface area contributed by atoms with Crippen molar-refractivity contribution in [2.24, 2.45) is 0 Å². The van der Waals surface area contributed by atoms with Gasteiger partial charge in [0.25, 0.3) is 0 Å². The monoisotopic (exact) mass is 227 g/mol. The molecule has 0 amide bonds. The number of anilines is 1. The fourth-order valence-corrected chi connectivity index (χ4v) is 1.93. The number of nitrogens with zero attached hydrogens (tertiary/aromatic N) is 1. The number of rotatable bonds is 3. The van der Waals surface area contributed by atoms with Crippen molar-refractivity contribution in [2.45, 2.75) is 13.0 Å². The van der Waals surface area contributed by atoms with Gasteiger partial charge in [0.1, 0.15) is 0 Å². The SMILES string of the molecule is CC(Nc1cccc2cn[nH]c12)c1ccoc1. The lowest BCUT2D eigenvalue weighted by Crippen LogP contribution is -2.05. The normalized spacial score (nSPS) is 12.8. The van der Waals surface area contributed by atoms with E-state index in [2.05, 4.69) is 22.4 Å². The third-order valence-electron chi connectivity index (χ3n) is 2.89. The maximum atomic E-state index is 5.09. The standard InChI is InChI=1S/C13H13N3O/c1-9(11-5-6-17-8-11)15-12-4-2-3-10-7-14-16-13(10)12/h2-9,15H,1H3,(H,14,16). The highest BCUT2D eigenvalue weighted by atomic mass is 16.3. The summed E-state index contributed by atoms with van der Waals surface area (Å²) < 4.78 is 5.09. The van der Waals surface area contributed by atoms with Crippen LogP contribution in [0, 0.1) is 0 Å². The third-order valence-corrected chi connectivity index (χ3v) is 2.89. The van der Waals surface area contributed by atoms with Crippen molar-refractivity contribution in [3.05, 3.63) is 48.6 Å². The molecule has 0 aliphatic heterocycles. The Kier molecular flexibility index (Phi) is 2.33. The first-order valence-electron chi connectivity index (χ1n) is 5.55. The number of fused-ring (bicyclic) bond motifs is 1. The van der Waals surface area contributed by atoms with E-state index in [0.29, 0.717) is 0 Å². The molecule has 0 spiro atoms. The molecule has 0 aliphatic rings. The zero-order valence-corrected chi connectivity index (χ0v) is 9.47. The first kappa shape index (κ1) is 9.96. The third kappa shape index (κ3) is 1.78. The number of benzene rings is 1. The highest BCUT2D eigenvalue weighted by Crippen LogP contribution is 2.25. The average molecular weight is 227 g/mol. The second-order valence-electron chi connectivity index (χ2n) is 4.06. The highest BCUT2D eigenvalue weighted by Gasteiger charge is 2.09. The van der Waals surface area contributed by atoms with E-state index in [4.69, 9.17) is 4.42 Å². The van der Waals surface area contributed by atoms with Gasteiger partial charge in [-0.3, -0.25) is 5.10 Å². The van der Waals surface area contributed by atoms with Crippen LogP contribution in [-0.2, 0) is 0 Å². The van der Waals surface area contributed by atoms with Gasteiger partial charge in [0, 0.05) is 10.9 Å². The van der Waals surface area contributed by atoms with Crippen LogP contribution in [0.2, 0.25) is 0 Å². The van der Waals surface area contributed by atoms with Gasteiger partial charge in [-0.25, -0.2) is 0 Å². The molecule has 4 heteroatoms. The minimum atomic E-state index is 0.197. The van der Waals surface area contributed by atoms with Crippen LogP contribution in [0.15, 0.2) is 47.4 Å². The zero-order chi connectivity index (χ0) is 11.7. The van der Waals surface area contributed by atoms with Gasteiger partial charge in [0.05, 0.1) is 36.0 Å². The predicted octanol–water partition coefficient (Wildman–Crippen LogP) is 3.33. The van der Waals surface area contributed by atoms with Crippen molar-refractivity contribution < 1.29 is 4.42 Å². The van der Waals surface area contributed by atoms with Gasteiger partial charge < -0.3 is 9.73 Å². The quantitative estimate of drug-likeness (QED) is 0.721. The number of nitrogens with one attached hydrogen (secondary N) is 2. The summed E-state index contributed by atoms with van der Waals surface area (Å²) >= 11 is 0. The molecule has 0 bridgehead atoms. The van der Waals surface area contributed by atoms with Gasteiger partial charge >= 0.3 is 0 Å². The summed E-state index contributed by atoms with van der Waals surface area (Å²) in [5.41, 5.74) is 3.21. The minimum Gasteiger partial charge on any atom is -0.472 e. The number of furan rings is 1. The van der Waals surface area contributed by atoms with Crippen LogP contribution in [0.5, 0.6) is 0 Å². The molecule has 0 fully saturated rings. The van der Waals surface area contributed by atoms with Crippen LogP contribution in [0.25, 0.3) is 10.9 Å². The number of aromatic nitrogens is 2. The van der Waals surface area contributed by atoms with Crippen molar-refractivity contribution in [1.29, 1.82) is 0 Å². The molecule has 3 rings (SSSR count). The molecule has 2 N–H and O–H groups in total. The number of hydrogen-bond acceptors (Lipinski definition) is 3. The summed E-state index contributed by atoms with van der Waals surface area (Å²) in [7, 11) is 0. The van der Waals surface area contributed by atoms with Gasteiger partial charge in [-0.15, -0.1) is 0 Å². The maximum Gasteiger partial charge on any atom is 0.0955 e. The van der Waals surface area contributed by atoms with E-state index in [1.807, 2.05) is 30.5 Å². The Bertz CT molecular complexity index is 612. The van der Waals surface area contributed by atoms with Gasteiger partial charge in [-0.1, -0.05) is 12.1 Å². The molecule has 3 aromatic rings. The Morgan fingerprint density at radius 2 is 2.29 bits per heavy atom. The van der Waals surface area contributed by atoms with Crippen molar-refractivity contribution in [1.82, 2.24) is 10.2 Å². The lowest BCUT2D eigenvalue weighted by atomic mass is 10.1. The first-order chi connectivity index (χ1) is 8.34. The van der Waals surface area contributed by atoms with E-state index in [0.717, 1.165) is 22.2 Å². The number of H-pyrrole nitrogens is 1. The fourth-order valence-electron chi connectivity index (χ4n) is 1.93.